The van der Waals surface area contributed by atoms with Gasteiger partial charge in [0.2, 0.25) is 5.95 Å². The summed E-state index contributed by atoms with van der Waals surface area (Å²) >= 11 is 0. The Hall–Kier alpha value is -3.15. The molecular formula is C16H15N5O. The number of hydrogen-bond acceptors (Lipinski definition) is 6. The van der Waals surface area contributed by atoms with E-state index in [2.05, 4.69) is 20.3 Å². The second-order valence-corrected chi connectivity index (χ2v) is 4.57. The molecule has 0 amide bonds. The summed E-state index contributed by atoms with van der Waals surface area (Å²) in [6.45, 7) is 0. The van der Waals surface area contributed by atoms with Gasteiger partial charge in [0, 0.05) is 17.8 Å². The molecular weight excluding hydrogens is 278 g/mol. The number of benzene rings is 1. The Morgan fingerprint density at radius 2 is 1.82 bits per heavy atom. The molecule has 0 aliphatic heterocycles. The smallest absolute Gasteiger partial charge is 0.222 e. The summed E-state index contributed by atoms with van der Waals surface area (Å²) < 4.78 is 5.15. The van der Waals surface area contributed by atoms with E-state index in [1.807, 2.05) is 48.5 Å². The van der Waals surface area contributed by atoms with E-state index in [0.29, 0.717) is 11.6 Å². The van der Waals surface area contributed by atoms with Gasteiger partial charge in [-0.1, -0.05) is 6.07 Å². The third kappa shape index (κ3) is 3.12. The summed E-state index contributed by atoms with van der Waals surface area (Å²) in [5, 5.41) is 3.11. The highest BCUT2D eigenvalue weighted by Gasteiger charge is 2.06. The van der Waals surface area contributed by atoms with Crippen molar-refractivity contribution in [1.82, 2.24) is 15.0 Å². The van der Waals surface area contributed by atoms with Gasteiger partial charge < -0.3 is 15.8 Å². The van der Waals surface area contributed by atoms with Crippen molar-refractivity contribution < 1.29 is 4.74 Å². The molecule has 0 bridgehead atoms. The molecule has 0 aliphatic rings. The van der Waals surface area contributed by atoms with Crippen LogP contribution in [-0.4, -0.2) is 22.1 Å². The molecule has 0 saturated carbocycles. The van der Waals surface area contributed by atoms with Crippen LogP contribution in [0.5, 0.6) is 5.75 Å². The fourth-order valence-electron chi connectivity index (χ4n) is 2.01. The van der Waals surface area contributed by atoms with Gasteiger partial charge in [0.1, 0.15) is 17.4 Å². The minimum atomic E-state index is 0.201. The van der Waals surface area contributed by atoms with Crippen molar-refractivity contribution >= 4 is 17.6 Å². The highest BCUT2D eigenvalue weighted by molar-refractivity contribution is 5.66. The van der Waals surface area contributed by atoms with Gasteiger partial charge in [-0.2, -0.15) is 4.98 Å². The number of nitrogens with two attached hydrogens (primary N) is 1. The maximum Gasteiger partial charge on any atom is 0.222 e. The minimum absolute atomic E-state index is 0.201. The Morgan fingerprint density at radius 3 is 2.50 bits per heavy atom. The predicted molar refractivity (Wildman–Crippen MR) is 86.0 cm³/mol. The number of nitrogens with zero attached hydrogens (tertiary/aromatic N) is 3. The molecule has 1 aromatic carbocycles. The quantitative estimate of drug-likeness (QED) is 0.769. The van der Waals surface area contributed by atoms with Crippen LogP contribution in [0.2, 0.25) is 0 Å². The van der Waals surface area contributed by atoms with E-state index in [1.165, 1.54) is 0 Å². The zero-order valence-electron chi connectivity index (χ0n) is 12.0. The van der Waals surface area contributed by atoms with E-state index in [0.717, 1.165) is 17.0 Å². The second-order valence-electron chi connectivity index (χ2n) is 4.57. The average molecular weight is 293 g/mol. The Kier molecular flexibility index (Phi) is 3.82. The molecule has 22 heavy (non-hydrogen) atoms. The maximum atomic E-state index is 5.80. The van der Waals surface area contributed by atoms with Crippen LogP contribution >= 0.6 is 0 Å². The fraction of sp³-hybridized carbons (Fsp3) is 0.0625. The van der Waals surface area contributed by atoms with Crippen molar-refractivity contribution in [2.24, 2.45) is 0 Å². The van der Waals surface area contributed by atoms with Crippen molar-refractivity contribution in [3.8, 4) is 17.0 Å². The first-order valence-electron chi connectivity index (χ1n) is 6.71. The summed E-state index contributed by atoms with van der Waals surface area (Å²) in [6.07, 6.45) is 1.71. The van der Waals surface area contributed by atoms with Gasteiger partial charge in [-0.05, 0) is 36.4 Å². The molecule has 0 aliphatic carbocycles. The molecule has 0 spiro atoms. The Bertz CT molecular complexity index is 759. The van der Waals surface area contributed by atoms with Crippen molar-refractivity contribution in [3.05, 3.63) is 54.7 Å². The number of pyridine rings is 1. The molecule has 0 unspecified atom stereocenters. The van der Waals surface area contributed by atoms with Gasteiger partial charge in [-0.25, -0.2) is 9.97 Å². The Morgan fingerprint density at radius 1 is 1.00 bits per heavy atom. The molecule has 6 heteroatoms. The van der Waals surface area contributed by atoms with Gasteiger partial charge in [-0.15, -0.1) is 0 Å². The van der Waals surface area contributed by atoms with Crippen LogP contribution in [0.1, 0.15) is 0 Å². The summed E-state index contributed by atoms with van der Waals surface area (Å²) in [4.78, 5) is 12.6. The zero-order chi connectivity index (χ0) is 15.4. The SMILES string of the molecule is COc1ccc(-c2cc(Nc3ccccn3)nc(N)n2)cc1. The van der Waals surface area contributed by atoms with E-state index in [9.17, 15) is 0 Å². The summed E-state index contributed by atoms with van der Waals surface area (Å²) in [5.74, 6) is 2.28. The van der Waals surface area contributed by atoms with E-state index < -0.39 is 0 Å². The number of methoxy groups -OCH3 is 1. The predicted octanol–water partition coefficient (Wildman–Crippen LogP) is 2.87. The topological polar surface area (TPSA) is 86.0 Å². The van der Waals surface area contributed by atoms with Crippen molar-refractivity contribution in [3.63, 3.8) is 0 Å². The van der Waals surface area contributed by atoms with Crippen LogP contribution in [0.25, 0.3) is 11.3 Å². The monoisotopic (exact) mass is 293 g/mol. The van der Waals surface area contributed by atoms with Crippen LogP contribution in [0, 0.1) is 0 Å². The van der Waals surface area contributed by atoms with Crippen molar-refractivity contribution in [2.75, 3.05) is 18.2 Å². The van der Waals surface area contributed by atoms with E-state index in [-0.39, 0.29) is 5.95 Å². The molecule has 0 atom stereocenters. The zero-order valence-corrected chi connectivity index (χ0v) is 12.0. The van der Waals surface area contributed by atoms with E-state index in [4.69, 9.17) is 10.5 Å². The summed E-state index contributed by atoms with van der Waals surface area (Å²) in [7, 11) is 1.63. The van der Waals surface area contributed by atoms with E-state index >= 15 is 0 Å². The number of anilines is 3. The lowest BCUT2D eigenvalue weighted by molar-refractivity contribution is 0.415. The molecule has 0 saturated heterocycles. The highest BCUT2D eigenvalue weighted by Crippen LogP contribution is 2.24. The third-order valence-corrected chi connectivity index (χ3v) is 3.05. The van der Waals surface area contributed by atoms with Gasteiger partial charge in [0.15, 0.2) is 0 Å². The molecule has 3 aromatic rings. The number of nitrogens with one attached hydrogen (secondary N) is 1. The lowest BCUT2D eigenvalue weighted by Crippen LogP contribution is -2.02. The van der Waals surface area contributed by atoms with Gasteiger partial charge >= 0.3 is 0 Å². The number of hydrogen-bond donors (Lipinski definition) is 2. The lowest BCUT2D eigenvalue weighted by Gasteiger charge is -2.08. The largest absolute Gasteiger partial charge is 0.497 e. The summed E-state index contributed by atoms with van der Waals surface area (Å²) in [6, 6.07) is 15.0. The van der Waals surface area contributed by atoms with Crippen LogP contribution < -0.4 is 15.8 Å². The molecule has 3 N–H and O–H groups in total. The molecule has 3 rings (SSSR count). The van der Waals surface area contributed by atoms with Crippen LogP contribution in [0.15, 0.2) is 54.7 Å². The van der Waals surface area contributed by atoms with Gasteiger partial charge in [0.25, 0.3) is 0 Å². The van der Waals surface area contributed by atoms with Crippen LogP contribution in [0.4, 0.5) is 17.6 Å². The Balaban J connectivity index is 1.92. The molecule has 2 heterocycles. The average Bonchev–Trinajstić information content (AvgIpc) is 2.55. The van der Waals surface area contributed by atoms with Gasteiger partial charge in [0.05, 0.1) is 12.8 Å². The minimum Gasteiger partial charge on any atom is -0.497 e. The third-order valence-electron chi connectivity index (χ3n) is 3.05. The molecule has 110 valence electrons. The van der Waals surface area contributed by atoms with Crippen LogP contribution in [-0.2, 0) is 0 Å². The number of ether oxygens (including phenoxy) is 1. The first kappa shape index (κ1) is 13.8. The number of aromatic nitrogens is 3. The number of rotatable bonds is 4. The molecule has 0 fully saturated rings. The van der Waals surface area contributed by atoms with Gasteiger partial charge in [-0.3, -0.25) is 0 Å². The fourth-order valence-corrected chi connectivity index (χ4v) is 2.01. The summed E-state index contributed by atoms with van der Waals surface area (Å²) in [5.41, 5.74) is 7.46. The van der Waals surface area contributed by atoms with Crippen molar-refractivity contribution in [2.45, 2.75) is 0 Å². The first-order valence-corrected chi connectivity index (χ1v) is 6.71. The van der Waals surface area contributed by atoms with Crippen molar-refractivity contribution in [1.29, 1.82) is 0 Å². The lowest BCUT2D eigenvalue weighted by atomic mass is 10.1. The highest BCUT2D eigenvalue weighted by atomic mass is 16.5. The normalized spacial score (nSPS) is 10.2. The Labute approximate surface area is 128 Å². The standard InChI is InChI=1S/C16H15N5O/c1-22-12-7-5-11(6-8-12)13-10-15(21-16(17)19-13)20-14-4-2-3-9-18-14/h2-10H,1H3,(H3,17,18,19,20,21). The second kappa shape index (κ2) is 6.09. The molecule has 0 radical (unpaired) electrons. The number of nitrogen functional groups attached to an aromatic ring is 1. The maximum absolute atomic E-state index is 5.80. The molecule has 6 nitrogen and oxygen atoms in total. The first-order chi connectivity index (χ1) is 10.7. The van der Waals surface area contributed by atoms with Crippen LogP contribution in [0.3, 0.4) is 0 Å². The molecule has 2 aromatic heterocycles. The van der Waals surface area contributed by atoms with E-state index in [1.54, 1.807) is 13.3 Å².